The maximum Gasteiger partial charge on any atom is 0.408 e. The van der Waals surface area contributed by atoms with Crippen molar-refractivity contribution in [1.82, 2.24) is 10.2 Å². The molecule has 0 aliphatic rings. The summed E-state index contributed by atoms with van der Waals surface area (Å²) in [7, 11) is 0. The Balaban J connectivity index is 2.03. The molecule has 42 heavy (non-hydrogen) atoms. The van der Waals surface area contributed by atoms with Crippen molar-refractivity contribution in [3.05, 3.63) is 72.3 Å². The number of nitrogens with zero attached hydrogens (tertiary/aromatic N) is 1. The number of carbonyl (C=O) groups is 4. The van der Waals surface area contributed by atoms with Crippen LogP contribution in [0.3, 0.4) is 0 Å². The van der Waals surface area contributed by atoms with Crippen molar-refractivity contribution in [2.75, 3.05) is 11.9 Å². The highest BCUT2D eigenvalue weighted by Crippen LogP contribution is 2.28. The molecule has 0 radical (unpaired) electrons. The van der Waals surface area contributed by atoms with Crippen molar-refractivity contribution >= 4 is 40.3 Å². The molecular formula is C32H40N4O6. The number of amides is 4. The van der Waals surface area contributed by atoms with Gasteiger partial charge in [-0.25, -0.2) is 4.79 Å². The number of alkyl carbamates (subject to hydrolysis) is 1. The van der Waals surface area contributed by atoms with Gasteiger partial charge in [0, 0.05) is 12.2 Å². The minimum absolute atomic E-state index is 0.0856. The van der Waals surface area contributed by atoms with Gasteiger partial charge < -0.3 is 31.1 Å². The number of ether oxygens (including phenoxy) is 1. The molecule has 0 spiro atoms. The Kier molecular flexibility index (Phi) is 10.9. The number of rotatable bonds is 12. The van der Waals surface area contributed by atoms with Gasteiger partial charge >= 0.3 is 6.09 Å². The Bertz CT molecular complexity index is 1420. The first kappa shape index (κ1) is 31.9. The zero-order valence-electron chi connectivity index (χ0n) is 24.6. The van der Waals surface area contributed by atoms with Crippen molar-refractivity contribution in [3.8, 4) is 5.75 Å². The number of nitrogens with one attached hydrogen (secondary N) is 2. The van der Waals surface area contributed by atoms with E-state index < -0.39 is 47.9 Å². The van der Waals surface area contributed by atoms with Crippen LogP contribution >= 0.6 is 0 Å². The summed E-state index contributed by atoms with van der Waals surface area (Å²) < 4.78 is 5.32. The number of hydrogen-bond acceptors (Lipinski definition) is 6. The summed E-state index contributed by atoms with van der Waals surface area (Å²) in [5.41, 5.74) is 5.48. The predicted octanol–water partition coefficient (Wildman–Crippen LogP) is 5.01. The minimum atomic E-state index is -1.38. The number of aromatic hydroxyl groups is 1. The van der Waals surface area contributed by atoms with Gasteiger partial charge in [0.1, 0.15) is 23.4 Å². The molecule has 0 fully saturated rings. The molecule has 4 amide bonds. The number of fused-ring (bicyclic) bond motifs is 1. The first-order chi connectivity index (χ1) is 19.9. The highest BCUT2D eigenvalue weighted by Gasteiger charge is 2.37. The summed E-state index contributed by atoms with van der Waals surface area (Å²) >= 11 is 0. The van der Waals surface area contributed by atoms with E-state index in [0.29, 0.717) is 17.7 Å². The summed E-state index contributed by atoms with van der Waals surface area (Å²) in [6.45, 7) is 7.16. The van der Waals surface area contributed by atoms with E-state index in [2.05, 4.69) is 10.6 Å². The predicted molar refractivity (Wildman–Crippen MR) is 162 cm³/mol. The number of phenols is 1. The molecule has 3 rings (SSSR count). The summed E-state index contributed by atoms with van der Waals surface area (Å²) in [6, 6.07) is 16.7. The summed E-state index contributed by atoms with van der Waals surface area (Å²) in [5.74, 6) is -2.11. The number of unbranched alkanes of at least 4 members (excludes halogenated alkanes) is 2. The molecule has 10 nitrogen and oxygen atoms in total. The van der Waals surface area contributed by atoms with Crippen LogP contribution in [0, 0.1) is 0 Å². The van der Waals surface area contributed by atoms with Gasteiger partial charge in [-0.2, -0.15) is 0 Å². The summed E-state index contributed by atoms with van der Waals surface area (Å²) in [6.07, 6.45) is 0.772. The zero-order chi connectivity index (χ0) is 30.9. The lowest BCUT2D eigenvalue weighted by atomic mass is 10.0. The third-order valence-corrected chi connectivity index (χ3v) is 6.44. The van der Waals surface area contributed by atoms with Crippen molar-refractivity contribution in [2.45, 2.75) is 71.1 Å². The number of carbonyl (C=O) groups excluding carboxylic acids is 4. The van der Waals surface area contributed by atoms with Crippen molar-refractivity contribution in [1.29, 1.82) is 0 Å². The summed E-state index contributed by atoms with van der Waals surface area (Å²) in [4.78, 5) is 54.1. The van der Waals surface area contributed by atoms with Gasteiger partial charge in [-0.15, -0.1) is 0 Å². The van der Waals surface area contributed by atoms with Gasteiger partial charge in [-0.05, 0) is 67.8 Å². The lowest BCUT2D eigenvalue weighted by Crippen LogP contribution is -2.53. The van der Waals surface area contributed by atoms with Gasteiger partial charge in [0.05, 0.1) is 6.42 Å². The normalized spacial score (nSPS) is 12.7. The molecular weight excluding hydrogens is 536 g/mol. The molecule has 2 atom stereocenters. The van der Waals surface area contributed by atoms with E-state index in [0.717, 1.165) is 23.6 Å². The average Bonchev–Trinajstić information content (AvgIpc) is 2.90. The molecule has 0 saturated carbocycles. The zero-order valence-corrected chi connectivity index (χ0v) is 24.6. The Labute approximate surface area is 246 Å². The molecule has 0 heterocycles. The fourth-order valence-corrected chi connectivity index (χ4v) is 4.60. The van der Waals surface area contributed by atoms with Crippen molar-refractivity contribution < 1.29 is 29.0 Å². The maximum absolute atomic E-state index is 14.1. The Morgan fingerprint density at radius 1 is 0.952 bits per heavy atom. The van der Waals surface area contributed by atoms with Crippen LogP contribution in [0.4, 0.5) is 10.5 Å². The SMILES string of the molecule is CCCCCN(C(=O)C(CC(N)=O)NC(=O)OC(C)(C)C)C(C(=O)Nc1ccc2ccccc2c1)c1cccc(O)c1. The van der Waals surface area contributed by atoms with E-state index in [1.807, 2.05) is 43.3 Å². The Morgan fingerprint density at radius 2 is 1.67 bits per heavy atom. The number of nitrogens with two attached hydrogens (primary N) is 1. The monoisotopic (exact) mass is 576 g/mol. The van der Waals surface area contributed by atoms with E-state index in [1.54, 1.807) is 39.0 Å². The van der Waals surface area contributed by atoms with Gasteiger partial charge in [-0.1, -0.05) is 62.2 Å². The first-order valence-electron chi connectivity index (χ1n) is 14.0. The number of anilines is 1. The van der Waals surface area contributed by atoms with Gasteiger partial charge in [-0.3, -0.25) is 14.4 Å². The number of benzene rings is 3. The molecule has 0 aliphatic carbocycles. The van der Waals surface area contributed by atoms with Crippen LogP contribution in [0.1, 0.15) is 65.0 Å². The number of hydrogen-bond donors (Lipinski definition) is 4. The second kappa shape index (κ2) is 14.3. The van der Waals surface area contributed by atoms with Gasteiger partial charge in [0.2, 0.25) is 11.8 Å². The molecule has 3 aromatic rings. The van der Waals surface area contributed by atoms with E-state index in [-0.39, 0.29) is 12.3 Å². The van der Waals surface area contributed by atoms with Crippen LogP contribution in [-0.2, 0) is 19.1 Å². The molecule has 10 heteroatoms. The molecule has 2 unspecified atom stereocenters. The molecule has 3 aromatic carbocycles. The van der Waals surface area contributed by atoms with Crippen LogP contribution in [0.2, 0.25) is 0 Å². The second-order valence-electron chi connectivity index (χ2n) is 11.2. The number of primary amides is 1. The highest BCUT2D eigenvalue weighted by molar-refractivity contribution is 6.01. The topological polar surface area (TPSA) is 151 Å². The standard InChI is InChI=1S/C32H40N4O6/c1-5-6-9-17-36(30(40)26(20-27(33)38)35-31(41)42-32(2,3)4)28(23-13-10-14-25(37)19-23)29(39)34-24-16-15-21-11-7-8-12-22(21)18-24/h7-8,10-16,18-19,26,28,37H,5-6,9,17,20H2,1-4H3,(H2,33,38)(H,34,39)(H,35,41). The molecule has 0 bridgehead atoms. The fraction of sp³-hybridized carbons (Fsp3) is 0.375. The largest absolute Gasteiger partial charge is 0.508 e. The second-order valence-corrected chi connectivity index (χ2v) is 11.2. The molecule has 0 saturated heterocycles. The average molecular weight is 577 g/mol. The number of phenolic OH excluding ortho intramolecular Hbond substituents is 1. The van der Waals surface area contributed by atoms with Crippen LogP contribution in [0.5, 0.6) is 5.75 Å². The Hall–Kier alpha value is -4.60. The van der Waals surface area contributed by atoms with Crippen molar-refractivity contribution in [3.63, 3.8) is 0 Å². The lowest BCUT2D eigenvalue weighted by Gasteiger charge is -2.34. The van der Waals surface area contributed by atoms with Crippen LogP contribution < -0.4 is 16.4 Å². The van der Waals surface area contributed by atoms with Gasteiger partial charge in [0.25, 0.3) is 5.91 Å². The van der Waals surface area contributed by atoms with E-state index in [9.17, 15) is 24.3 Å². The fourth-order valence-electron chi connectivity index (χ4n) is 4.60. The van der Waals surface area contributed by atoms with Crippen molar-refractivity contribution in [2.24, 2.45) is 5.73 Å². The smallest absolute Gasteiger partial charge is 0.408 e. The molecule has 5 N–H and O–H groups in total. The Morgan fingerprint density at radius 3 is 2.31 bits per heavy atom. The van der Waals surface area contributed by atoms with Crippen LogP contribution in [0.25, 0.3) is 10.8 Å². The summed E-state index contributed by atoms with van der Waals surface area (Å²) in [5, 5.41) is 17.6. The minimum Gasteiger partial charge on any atom is -0.508 e. The van der Waals surface area contributed by atoms with E-state index >= 15 is 0 Å². The van der Waals surface area contributed by atoms with Crippen LogP contribution in [0.15, 0.2) is 66.7 Å². The van der Waals surface area contributed by atoms with E-state index in [1.165, 1.54) is 17.0 Å². The maximum atomic E-state index is 14.1. The quantitative estimate of drug-likeness (QED) is 0.223. The lowest BCUT2D eigenvalue weighted by molar-refractivity contribution is -0.142. The molecule has 0 aromatic heterocycles. The third kappa shape index (κ3) is 9.22. The molecule has 224 valence electrons. The van der Waals surface area contributed by atoms with Gasteiger partial charge in [0.15, 0.2) is 0 Å². The highest BCUT2D eigenvalue weighted by atomic mass is 16.6. The molecule has 0 aliphatic heterocycles. The first-order valence-corrected chi connectivity index (χ1v) is 14.0. The van der Waals surface area contributed by atoms with E-state index in [4.69, 9.17) is 10.5 Å². The van der Waals surface area contributed by atoms with Crippen LogP contribution in [-0.4, -0.2) is 52.0 Å². The third-order valence-electron chi connectivity index (χ3n) is 6.44.